The summed E-state index contributed by atoms with van der Waals surface area (Å²) in [5.41, 5.74) is 1.53. The molecule has 2 aromatic rings. The number of hydrogen-bond donors (Lipinski definition) is 2. The molecule has 0 aliphatic rings. The Labute approximate surface area is 134 Å². The molecule has 0 aliphatic heterocycles. The first kappa shape index (κ1) is 15.5. The summed E-state index contributed by atoms with van der Waals surface area (Å²) in [6.07, 6.45) is 0. The largest absolute Gasteiger partial charge is 0.478 e. The fourth-order valence-electron chi connectivity index (χ4n) is 1.69. The molecular weight excluding hydrogens is 358 g/mol. The van der Waals surface area contributed by atoms with Crippen LogP contribution in [0.1, 0.15) is 26.3 Å². The Hall–Kier alpha value is -1.85. The zero-order valence-electron chi connectivity index (χ0n) is 10.8. The fourth-order valence-corrected chi connectivity index (χ4v) is 2.18. The number of nitrogens with one attached hydrogen (secondary N) is 1. The third kappa shape index (κ3) is 4.06. The molecule has 0 bridgehead atoms. The van der Waals surface area contributed by atoms with E-state index in [-0.39, 0.29) is 11.5 Å². The summed E-state index contributed by atoms with van der Waals surface area (Å²) in [6, 6.07) is 11.3. The molecule has 2 rings (SSSR count). The monoisotopic (exact) mass is 367 g/mol. The SMILES string of the molecule is O=C(O)c1ccc(CNC(=O)c2ccc(Cl)c(Br)c2)cc1. The maximum atomic E-state index is 12.0. The molecule has 108 valence electrons. The molecule has 2 aromatic carbocycles. The Kier molecular flexibility index (Phi) is 4.98. The van der Waals surface area contributed by atoms with Gasteiger partial charge in [-0.2, -0.15) is 0 Å². The van der Waals surface area contributed by atoms with E-state index in [9.17, 15) is 9.59 Å². The lowest BCUT2D eigenvalue weighted by Gasteiger charge is -2.07. The minimum absolute atomic E-state index is 0.215. The summed E-state index contributed by atoms with van der Waals surface area (Å²) < 4.78 is 0.655. The molecule has 4 nitrogen and oxygen atoms in total. The number of rotatable bonds is 4. The summed E-state index contributed by atoms with van der Waals surface area (Å²) >= 11 is 9.14. The molecule has 0 unspecified atom stereocenters. The van der Waals surface area contributed by atoms with Crippen LogP contribution in [-0.2, 0) is 6.54 Å². The quantitative estimate of drug-likeness (QED) is 0.864. The van der Waals surface area contributed by atoms with Crippen LogP contribution in [0, 0.1) is 0 Å². The minimum atomic E-state index is -0.975. The van der Waals surface area contributed by atoms with Crippen molar-refractivity contribution in [2.45, 2.75) is 6.54 Å². The predicted octanol–water partition coefficient (Wildman–Crippen LogP) is 3.73. The van der Waals surface area contributed by atoms with Gasteiger partial charge in [-0.25, -0.2) is 4.79 Å². The van der Waals surface area contributed by atoms with Crippen LogP contribution in [0.4, 0.5) is 0 Å². The second kappa shape index (κ2) is 6.74. The topological polar surface area (TPSA) is 66.4 Å². The van der Waals surface area contributed by atoms with Gasteiger partial charge in [-0.3, -0.25) is 4.79 Å². The average Bonchev–Trinajstić information content (AvgIpc) is 2.48. The van der Waals surface area contributed by atoms with Crippen molar-refractivity contribution < 1.29 is 14.7 Å². The number of carbonyl (C=O) groups excluding carboxylic acids is 1. The lowest BCUT2D eigenvalue weighted by atomic mass is 10.1. The first-order chi connectivity index (χ1) is 9.97. The van der Waals surface area contributed by atoms with Crippen LogP contribution in [0.25, 0.3) is 0 Å². The van der Waals surface area contributed by atoms with Crippen molar-refractivity contribution in [2.24, 2.45) is 0 Å². The highest BCUT2D eigenvalue weighted by Gasteiger charge is 2.08. The van der Waals surface area contributed by atoms with Crippen LogP contribution in [0.5, 0.6) is 0 Å². The number of halogens is 2. The van der Waals surface area contributed by atoms with E-state index in [1.165, 1.54) is 12.1 Å². The highest BCUT2D eigenvalue weighted by Crippen LogP contribution is 2.23. The third-order valence-electron chi connectivity index (χ3n) is 2.84. The van der Waals surface area contributed by atoms with Gasteiger partial charge >= 0.3 is 5.97 Å². The maximum Gasteiger partial charge on any atom is 0.335 e. The molecule has 2 N–H and O–H groups in total. The number of amides is 1. The summed E-state index contributed by atoms with van der Waals surface area (Å²) in [4.78, 5) is 22.7. The number of carboxylic acid groups (broad SMARTS) is 1. The highest BCUT2D eigenvalue weighted by molar-refractivity contribution is 9.10. The van der Waals surface area contributed by atoms with Gasteiger partial charge in [0.1, 0.15) is 0 Å². The highest BCUT2D eigenvalue weighted by atomic mass is 79.9. The van der Waals surface area contributed by atoms with E-state index >= 15 is 0 Å². The van der Waals surface area contributed by atoms with Gasteiger partial charge in [-0.1, -0.05) is 23.7 Å². The zero-order valence-corrected chi connectivity index (χ0v) is 13.1. The van der Waals surface area contributed by atoms with E-state index in [0.717, 1.165) is 5.56 Å². The van der Waals surface area contributed by atoms with E-state index in [2.05, 4.69) is 21.2 Å². The van der Waals surface area contributed by atoms with E-state index in [0.29, 0.717) is 21.6 Å². The predicted molar refractivity (Wildman–Crippen MR) is 83.7 cm³/mol. The van der Waals surface area contributed by atoms with Gasteiger partial charge in [0.2, 0.25) is 0 Å². The number of hydrogen-bond acceptors (Lipinski definition) is 2. The van der Waals surface area contributed by atoms with Gasteiger partial charge in [-0.15, -0.1) is 0 Å². The molecular formula is C15H11BrClNO3. The molecule has 0 aliphatic carbocycles. The van der Waals surface area contributed by atoms with Gasteiger partial charge in [0.15, 0.2) is 0 Å². The van der Waals surface area contributed by atoms with Crippen LogP contribution in [0.2, 0.25) is 5.02 Å². The van der Waals surface area contributed by atoms with Gasteiger partial charge in [-0.05, 0) is 51.8 Å². The second-order valence-corrected chi connectivity index (χ2v) is 5.58. The van der Waals surface area contributed by atoms with E-state index in [1.54, 1.807) is 30.3 Å². The Morgan fingerprint density at radius 1 is 1.10 bits per heavy atom. The smallest absolute Gasteiger partial charge is 0.335 e. The van der Waals surface area contributed by atoms with Crippen molar-refractivity contribution >= 4 is 39.4 Å². The van der Waals surface area contributed by atoms with Crippen LogP contribution in [0.15, 0.2) is 46.9 Å². The number of carboxylic acids is 1. The molecule has 0 heterocycles. The molecule has 21 heavy (non-hydrogen) atoms. The van der Waals surface area contributed by atoms with Gasteiger partial charge in [0.25, 0.3) is 5.91 Å². The van der Waals surface area contributed by atoms with E-state index in [1.807, 2.05) is 0 Å². The van der Waals surface area contributed by atoms with Crippen molar-refractivity contribution in [3.05, 3.63) is 68.7 Å². The van der Waals surface area contributed by atoms with Crippen LogP contribution < -0.4 is 5.32 Å². The Bertz CT molecular complexity index is 686. The van der Waals surface area contributed by atoms with Gasteiger partial charge in [0, 0.05) is 16.6 Å². The van der Waals surface area contributed by atoms with Crippen molar-refractivity contribution in [1.29, 1.82) is 0 Å². The van der Waals surface area contributed by atoms with Crippen molar-refractivity contribution in [3.63, 3.8) is 0 Å². The van der Waals surface area contributed by atoms with Crippen molar-refractivity contribution in [1.82, 2.24) is 5.32 Å². The fraction of sp³-hybridized carbons (Fsp3) is 0.0667. The minimum Gasteiger partial charge on any atom is -0.478 e. The second-order valence-electron chi connectivity index (χ2n) is 4.31. The van der Waals surface area contributed by atoms with Crippen LogP contribution in [0.3, 0.4) is 0 Å². The normalized spacial score (nSPS) is 10.2. The molecule has 0 aromatic heterocycles. The van der Waals surface area contributed by atoms with Crippen molar-refractivity contribution in [3.8, 4) is 0 Å². The first-order valence-corrected chi connectivity index (χ1v) is 7.20. The summed E-state index contributed by atoms with van der Waals surface area (Å²) in [5, 5.41) is 12.1. The summed E-state index contributed by atoms with van der Waals surface area (Å²) in [6.45, 7) is 0.318. The molecule has 0 saturated heterocycles. The summed E-state index contributed by atoms with van der Waals surface area (Å²) in [5.74, 6) is -1.20. The molecule has 0 saturated carbocycles. The Morgan fingerprint density at radius 2 is 1.71 bits per heavy atom. The van der Waals surface area contributed by atoms with Gasteiger partial charge < -0.3 is 10.4 Å². The number of carbonyl (C=O) groups is 2. The molecule has 1 amide bonds. The zero-order chi connectivity index (χ0) is 15.4. The molecule has 0 radical (unpaired) electrons. The van der Waals surface area contributed by atoms with Crippen LogP contribution in [-0.4, -0.2) is 17.0 Å². The maximum absolute atomic E-state index is 12.0. The average molecular weight is 369 g/mol. The molecule has 6 heteroatoms. The molecule has 0 fully saturated rings. The van der Waals surface area contributed by atoms with E-state index < -0.39 is 5.97 Å². The van der Waals surface area contributed by atoms with Crippen molar-refractivity contribution in [2.75, 3.05) is 0 Å². The van der Waals surface area contributed by atoms with Crippen LogP contribution >= 0.6 is 27.5 Å². The lowest BCUT2D eigenvalue weighted by Crippen LogP contribution is -2.22. The lowest BCUT2D eigenvalue weighted by molar-refractivity contribution is 0.0696. The Morgan fingerprint density at radius 3 is 2.29 bits per heavy atom. The number of aromatic carboxylic acids is 1. The van der Waals surface area contributed by atoms with E-state index in [4.69, 9.17) is 16.7 Å². The van der Waals surface area contributed by atoms with Gasteiger partial charge in [0.05, 0.1) is 10.6 Å². The summed E-state index contributed by atoms with van der Waals surface area (Å²) in [7, 11) is 0. The standard InChI is InChI=1S/C15H11BrClNO3/c16-12-7-11(5-6-13(12)17)14(19)18-8-9-1-3-10(4-2-9)15(20)21/h1-7H,8H2,(H,18,19)(H,20,21). The third-order valence-corrected chi connectivity index (χ3v) is 4.05. The first-order valence-electron chi connectivity index (χ1n) is 6.03. The number of benzene rings is 2. The Balaban J connectivity index is 2.00. The molecule has 0 spiro atoms. The molecule has 0 atom stereocenters.